The van der Waals surface area contributed by atoms with Gasteiger partial charge in [0.25, 0.3) is 0 Å². The molecule has 0 radical (unpaired) electrons. The molecule has 1 heterocycles. The molecule has 0 spiro atoms. The number of halogens is 1. The zero-order valence-electron chi connectivity index (χ0n) is 10.00. The van der Waals surface area contributed by atoms with Gasteiger partial charge in [0.05, 0.1) is 0 Å². The molecule has 1 aromatic carbocycles. The Labute approximate surface area is 110 Å². The molecule has 3 nitrogen and oxygen atoms in total. The van der Waals surface area contributed by atoms with E-state index in [9.17, 15) is 0 Å². The first-order valence-corrected chi connectivity index (χ1v) is 6.33. The van der Waals surface area contributed by atoms with Crippen molar-refractivity contribution in [1.82, 2.24) is 4.98 Å². The topological polar surface area (TPSA) is 50.9 Å². The highest BCUT2D eigenvalue weighted by molar-refractivity contribution is 9.10. The summed E-state index contributed by atoms with van der Waals surface area (Å²) in [5, 5.41) is 5.55. The van der Waals surface area contributed by atoms with E-state index in [0.29, 0.717) is 6.54 Å². The summed E-state index contributed by atoms with van der Waals surface area (Å²) in [5.41, 5.74) is 5.70. The maximum atomic E-state index is 5.96. The molecule has 2 rings (SSSR count). The second-order valence-corrected chi connectivity index (χ2v) is 5.69. The molecule has 0 amide bonds. The van der Waals surface area contributed by atoms with E-state index in [-0.39, 0.29) is 5.54 Å². The third-order valence-electron chi connectivity index (χ3n) is 2.46. The lowest BCUT2D eigenvalue weighted by atomic mass is 10.1. The number of benzene rings is 1. The summed E-state index contributed by atoms with van der Waals surface area (Å²) in [4.78, 5) is 4.36. The summed E-state index contributed by atoms with van der Waals surface area (Å²) in [6.07, 6.45) is 1.80. The van der Waals surface area contributed by atoms with Crippen molar-refractivity contribution in [3.63, 3.8) is 0 Å². The maximum absolute atomic E-state index is 5.96. The van der Waals surface area contributed by atoms with Crippen LogP contribution in [0.15, 0.2) is 34.9 Å². The molecule has 0 atom stereocenters. The molecule has 0 fully saturated rings. The van der Waals surface area contributed by atoms with E-state index in [1.165, 1.54) is 0 Å². The van der Waals surface area contributed by atoms with Gasteiger partial charge in [-0.3, -0.25) is 0 Å². The molecule has 0 saturated carbocycles. The number of nitrogens with zero attached hydrogens (tertiary/aromatic N) is 1. The maximum Gasteiger partial charge on any atom is 0.133 e. The minimum Gasteiger partial charge on any atom is -0.368 e. The first kappa shape index (κ1) is 12.3. The van der Waals surface area contributed by atoms with Crippen LogP contribution >= 0.6 is 15.9 Å². The number of aromatic nitrogens is 1. The normalized spacial score (nSPS) is 11.8. The van der Waals surface area contributed by atoms with E-state index in [2.05, 4.69) is 32.3 Å². The Morgan fingerprint density at radius 1 is 1.29 bits per heavy atom. The van der Waals surface area contributed by atoms with Crippen molar-refractivity contribution in [3.8, 4) is 0 Å². The minimum atomic E-state index is -0.254. The van der Waals surface area contributed by atoms with Crippen LogP contribution in [-0.2, 0) is 0 Å². The minimum absolute atomic E-state index is 0.254. The summed E-state index contributed by atoms with van der Waals surface area (Å²) in [5.74, 6) is 0.877. The Morgan fingerprint density at radius 3 is 2.76 bits per heavy atom. The molecule has 17 heavy (non-hydrogen) atoms. The van der Waals surface area contributed by atoms with Gasteiger partial charge in [0, 0.05) is 33.5 Å². The lowest BCUT2D eigenvalue weighted by Crippen LogP contribution is -2.39. The van der Waals surface area contributed by atoms with E-state index in [1.54, 1.807) is 6.20 Å². The van der Waals surface area contributed by atoms with Crippen LogP contribution in [0.5, 0.6) is 0 Å². The second kappa shape index (κ2) is 4.63. The predicted molar refractivity (Wildman–Crippen MR) is 76.2 cm³/mol. The fraction of sp³-hybridized carbons (Fsp3) is 0.308. The van der Waals surface area contributed by atoms with Crippen molar-refractivity contribution < 1.29 is 0 Å². The Bertz CT molecular complexity index is 532. The van der Waals surface area contributed by atoms with Gasteiger partial charge in [-0.1, -0.05) is 28.1 Å². The zero-order valence-corrected chi connectivity index (χ0v) is 11.6. The van der Waals surface area contributed by atoms with Crippen molar-refractivity contribution in [2.45, 2.75) is 19.4 Å². The lowest BCUT2D eigenvalue weighted by Gasteiger charge is -2.20. The van der Waals surface area contributed by atoms with Gasteiger partial charge in [0.2, 0.25) is 0 Å². The highest BCUT2D eigenvalue weighted by Crippen LogP contribution is 2.27. The summed E-state index contributed by atoms with van der Waals surface area (Å²) in [7, 11) is 0. The molecule has 0 aliphatic carbocycles. The fourth-order valence-corrected chi connectivity index (χ4v) is 2.12. The molecule has 3 N–H and O–H groups in total. The van der Waals surface area contributed by atoms with Crippen LogP contribution in [-0.4, -0.2) is 17.1 Å². The van der Waals surface area contributed by atoms with Crippen LogP contribution in [0.1, 0.15) is 13.8 Å². The number of fused-ring (bicyclic) bond motifs is 1. The number of hydrogen-bond acceptors (Lipinski definition) is 3. The molecule has 0 bridgehead atoms. The summed E-state index contributed by atoms with van der Waals surface area (Å²) in [6.45, 7) is 4.66. The molecule has 4 heteroatoms. The van der Waals surface area contributed by atoms with E-state index in [1.807, 2.05) is 32.0 Å². The Balaban J connectivity index is 2.38. The van der Waals surface area contributed by atoms with Crippen molar-refractivity contribution in [1.29, 1.82) is 0 Å². The summed E-state index contributed by atoms with van der Waals surface area (Å²) in [6, 6.07) is 8.09. The summed E-state index contributed by atoms with van der Waals surface area (Å²) >= 11 is 3.54. The van der Waals surface area contributed by atoms with Crippen molar-refractivity contribution in [3.05, 3.63) is 34.9 Å². The largest absolute Gasteiger partial charge is 0.368 e. The SMILES string of the molecule is CC(C)(N)CNc1nccc2c(Br)cccc12. The third kappa shape index (κ3) is 2.96. The lowest BCUT2D eigenvalue weighted by molar-refractivity contribution is 0.549. The summed E-state index contributed by atoms with van der Waals surface area (Å²) < 4.78 is 1.08. The number of pyridine rings is 1. The van der Waals surface area contributed by atoms with Crippen LogP contribution < -0.4 is 11.1 Å². The monoisotopic (exact) mass is 293 g/mol. The second-order valence-electron chi connectivity index (χ2n) is 4.84. The van der Waals surface area contributed by atoms with Crippen LogP contribution in [0.25, 0.3) is 10.8 Å². The van der Waals surface area contributed by atoms with Gasteiger partial charge < -0.3 is 11.1 Å². The van der Waals surface area contributed by atoms with Crippen LogP contribution in [0.3, 0.4) is 0 Å². The molecule has 0 unspecified atom stereocenters. The average Bonchev–Trinajstić information content (AvgIpc) is 2.26. The molecule has 1 aromatic heterocycles. The number of anilines is 1. The Kier molecular flexibility index (Phi) is 3.35. The van der Waals surface area contributed by atoms with Crippen LogP contribution in [0, 0.1) is 0 Å². The van der Waals surface area contributed by atoms with Crippen LogP contribution in [0.4, 0.5) is 5.82 Å². The quantitative estimate of drug-likeness (QED) is 0.914. The van der Waals surface area contributed by atoms with E-state index in [4.69, 9.17) is 5.73 Å². The Hall–Kier alpha value is -1.13. The number of nitrogens with one attached hydrogen (secondary N) is 1. The van der Waals surface area contributed by atoms with Gasteiger partial charge in [-0.2, -0.15) is 0 Å². The molecule has 90 valence electrons. The zero-order chi connectivity index (χ0) is 12.5. The van der Waals surface area contributed by atoms with Gasteiger partial charge in [-0.05, 0) is 26.0 Å². The third-order valence-corrected chi connectivity index (χ3v) is 3.16. The smallest absolute Gasteiger partial charge is 0.133 e. The molecular formula is C13H16BrN3. The van der Waals surface area contributed by atoms with Crippen molar-refractivity contribution in [2.75, 3.05) is 11.9 Å². The predicted octanol–water partition coefficient (Wildman–Crippen LogP) is 3.15. The Morgan fingerprint density at radius 2 is 2.06 bits per heavy atom. The van der Waals surface area contributed by atoms with Gasteiger partial charge in [0.15, 0.2) is 0 Å². The molecule has 0 aliphatic rings. The molecule has 2 aromatic rings. The number of hydrogen-bond donors (Lipinski definition) is 2. The molecular weight excluding hydrogens is 278 g/mol. The van der Waals surface area contributed by atoms with E-state index < -0.39 is 0 Å². The number of rotatable bonds is 3. The molecule has 0 saturated heterocycles. The van der Waals surface area contributed by atoms with E-state index >= 15 is 0 Å². The highest BCUT2D eigenvalue weighted by Gasteiger charge is 2.11. The van der Waals surface area contributed by atoms with Gasteiger partial charge in [0.1, 0.15) is 5.82 Å². The first-order valence-electron chi connectivity index (χ1n) is 5.53. The van der Waals surface area contributed by atoms with Gasteiger partial charge in [-0.15, -0.1) is 0 Å². The van der Waals surface area contributed by atoms with E-state index in [0.717, 1.165) is 21.1 Å². The standard InChI is InChI=1S/C13H16BrN3/c1-13(2,15)8-17-12-10-4-3-5-11(14)9(10)6-7-16-12/h3-7H,8,15H2,1-2H3,(H,16,17). The average molecular weight is 294 g/mol. The number of nitrogens with two attached hydrogens (primary N) is 1. The molecule has 0 aliphatic heterocycles. The van der Waals surface area contributed by atoms with Gasteiger partial charge >= 0.3 is 0 Å². The van der Waals surface area contributed by atoms with Gasteiger partial charge in [-0.25, -0.2) is 4.98 Å². The first-order chi connectivity index (χ1) is 7.97. The van der Waals surface area contributed by atoms with Crippen LogP contribution in [0.2, 0.25) is 0 Å². The fourth-order valence-electron chi connectivity index (χ4n) is 1.62. The van der Waals surface area contributed by atoms with Crippen molar-refractivity contribution in [2.24, 2.45) is 5.73 Å². The highest BCUT2D eigenvalue weighted by atomic mass is 79.9. The van der Waals surface area contributed by atoms with Crippen molar-refractivity contribution >= 4 is 32.5 Å².